The summed E-state index contributed by atoms with van der Waals surface area (Å²) in [7, 11) is -2.63. The largest absolute Gasteiger partial charge is 0.277 e. The molecule has 25 heavy (non-hydrogen) atoms. The summed E-state index contributed by atoms with van der Waals surface area (Å²) >= 11 is 0. The fourth-order valence-corrected chi connectivity index (χ4v) is 4.23. The topological polar surface area (TPSA) is 74.8 Å². The van der Waals surface area contributed by atoms with E-state index < -0.39 is 27.7 Å². The van der Waals surface area contributed by atoms with Crippen LogP contribution in [0.5, 0.6) is 0 Å². The van der Waals surface area contributed by atoms with Crippen molar-refractivity contribution in [3.8, 4) is 0 Å². The molecule has 0 saturated heterocycles. The number of hydrogen-bond acceptors (Lipinski definition) is 4. The quantitative estimate of drug-likeness (QED) is 0.782. The Balaban J connectivity index is 2.07. The van der Waals surface area contributed by atoms with Crippen molar-refractivity contribution in [3.63, 3.8) is 0 Å². The van der Waals surface area contributed by atoms with Crippen LogP contribution in [-0.2, 0) is 10.0 Å². The maximum atomic E-state index is 13.1. The molecule has 3 rings (SSSR count). The Morgan fingerprint density at radius 2 is 1.60 bits per heavy atom. The minimum Gasteiger partial charge on any atom is -0.277 e. The van der Waals surface area contributed by atoms with Gasteiger partial charge in [-0.2, -0.15) is 0 Å². The predicted molar refractivity (Wildman–Crippen MR) is 89.5 cm³/mol. The number of anilines is 1. The zero-order chi connectivity index (χ0) is 18.4. The first-order valence-electron chi connectivity index (χ1n) is 7.52. The average molecular weight is 362 g/mol. The number of benzene rings is 2. The molecule has 0 aromatic heterocycles. The lowest BCUT2D eigenvalue weighted by atomic mass is 10.1. The number of fused-ring (bicyclic) bond motifs is 1. The van der Waals surface area contributed by atoms with Gasteiger partial charge in [0.25, 0.3) is 21.8 Å². The Bertz CT molecular complexity index is 971. The number of rotatable bonds is 4. The van der Waals surface area contributed by atoms with Gasteiger partial charge in [0.15, 0.2) is 0 Å². The monoisotopic (exact) mass is 362 g/mol. The number of carbonyl (C=O) groups excluding carboxylic acids is 2. The molecule has 0 atom stereocenters. The van der Waals surface area contributed by atoms with Crippen molar-refractivity contribution in [2.75, 3.05) is 17.9 Å². The first-order chi connectivity index (χ1) is 11.8. The summed E-state index contributed by atoms with van der Waals surface area (Å²) < 4.78 is 40.1. The predicted octanol–water partition coefficient (Wildman–Crippen LogP) is 2.27. The van der Waals surface area contributed by atoms with Crippen LogP contribution in [-0.4, -0.2) is 38.7 Å². The number of halogens is 1. The Morgan fingerprint density at radius 1 is 1.00 bits per heavy atom. The fourth-order valence-electron chi connectivity index (χ4n) is 2.73. The van der Waals surface area contributed by atoms with Crippen molar-refractivity contribution in [2.24, 2.45) is 0 Å². The highest BCUT2D eigenvalue weighted by molar-refractivity contribution is 7.92. The molecule has 8 heteroatoms. The molecule has 0 aliphatic carbocycles. The van der Waals surface area contributed by atoms with Crippen molar-refractivity contribution < 1.29 is 22.4 Å². The average Bonchev–Trinajstić information content (AvgIpc) is 2.81. The van der Waals surface area contributed by atoms with Crippen LogP contribution in [0.2, 0.25) is 0 Å². The number of nitrogens with zero attached hydrogens (tertiary/aromatic N) is 2. The van der Waals surface area contributed by atoms with Crippen LogP contribution in [0.25, 0.3) is 0 Å². The zero-order valence-corrected chi connectivity index (χ0v) is 14.4. The van der Waals surface area contributed by atoms with Gasteiger partial charge in [0.2, 0.25) is 0 Å². The summed E-state index contributed by atoms with van der Waals surface area (Å²) in [4.78, 5) is 24.8. The van der Waals surface area contributed by atoms with Crippen LogP contribution in [0, 0.1) is 5.82 Å². The van der Waals surface area contributed by atoms with Crippen molar-refractivity contribution in [2.45, 2.75) is 11.8 Å². The van der Waals surface area contributed by atoms with E-state index >= 15 is 0 Å². The third kappa shape index (κ3) is 2.68. The molecule has 6 nitrogen and oxygen atoms in total. The molecule has 0 N–H and O–H groups in total. The molecule has 1 aliphatic heterocycles. The Kier molecular flexibility index (Phi) is 4.08. The van der Waals surface area contributed by atoms with Gasteiger partial charge in [-0.05, 0) is 49.4 Å². The van der Waals surface area contributed by atoms with Crippen LogP contribution in [0.4, 0.5) is 10.1 Å². The molecule has 1 heterocycles. The third-order valence-corrected chi connectivity index (χ3v) is 5.95. The number of amides is 2. The lowest BCUT2D eigenvalue weighted by molar-refractivity contribution is 0.0693. The number of carbonyl (C=O) groups is 2. The van der Waals surface area contributed by atoms with Gasteiger partial charge in [-0.15, -0.1) is 0 Å². The summed E-state index contributed by atoms with van der Waals surface area (Å²) in [6.45, 7) is 1.77. The van der Waals surface area contributed by atoms with Crippen molar-refractivity contribution in [1.29, 1.82) is 0 Å². The van der Waals surface area contributed by atoms with Gasteiger partial charge < -0.3 is 0 Å². The SMILES string of the molecule is CCN(c1ccc(F)cc1)S(=O)(=O)c1ccc2c(c1)C(=O)N(C)C2=O. The van der Waals surface area contributed by atoms with Gasteiger partial charge in [0, 0.05) is 13.6 Å². The molecule has 1 aliphatic rings. The Morgan fingerprint density at radius 3 is 2.20 bits per heavy atom. The van der Waals surface area contributed by atoms with E-state index in [-0.39, 0.29) is 22.6 Å². The maximum Gasteiger partial charge on any atom is 0.264 e. The summed E-state index contributed by atoms with van der Waals surface area (Å²) in [5, 5.41) is 0. The Hall–Kier alpha value is -2.74. The normalized spacial score (nSPS) is 14.0. The second-order valence-corrected chi connectivity index (χ2v) is 7.39. The highest BCUT2D eigenvalue weighted by Gasteiger charge is 2.34. The van der Waals surface area contributed by atoms with Crippen LogP contribution < -0.4 is 4.31 Å². The summed E-state index contributed by atoms with van der Waals surface area (Å²) in [6.07, 6.45) is 0. The fraction of sp³-hybridized carbons (Fsp3) is 0.176. The first kappa shape index (κ1) is 17.1. The van der Waals surface area contributed by atoms with E-state index in [1.165, 1.54) is 49.5 Å². The van der Waals surface area contributed by atoms with Crippen molar-refractivity contribution in [1.82, 2.24) is 4.90 Å². The summed E-state index contributed by atoms with van der Waals surface area (Å²) in [6, 6.07) is 8.93. The maximum absolute atomic E-state index is 13.1. The molecule has 0 bridgehead atoms. The van der Waals surface area contributed by atoms with Crippen LogP contribution in [0.3, 0.4) is 0 Å². The molecule has 2 aromatic rings. The lowest BCUT2D eigenvalue weighted by Gasteiger charge is -2.23. The van der Waals surface area contributed by atoms with Crippen LogP contribution in [0.1, 0.15) is 27.6 Å². The molecule has 2 amide bonds. The molecule has 0 radical (unpaired) electrons. The van der Waals surface area contributed by atoms with E-state index in [1.54, 1.807) is 6.92 Å². The summed E-state index contributed by atoms with van der Waals surface area (Å²) in [5.41, 5.74) is 0.545. The van der Waals surface area contributed by atoms with Crippen LogP contribution >= 0.6 is 0 Å². The van der Waals surface area contributed by atoms with E-state index in [0.29, 0.717) is 5.69 Å². The van der Waals surface area contributed by atoms with Crippen molar-refractivity contribution >= 4 is 27.5 Å². The standard InChI is InChI=1S/C17H15FN2O4S/c1-3-20(12-6-4-11(18)5-7-12)25(23,24)13-8-9-14-15(10-13)17(22)19(2)16(14)21/h4-10H,3H2,1-2H3. The number of hydrogen-bond donors (Lipinski definition) is 0. The van der Waals surface area contributed by atoms with E-state index in [0.717, 1.165) is 9.21 Å². The molecular formula is C17H15FN2O4S. The molecule has 0 fully saturated rings. The van der Waals surface area contributed by atoms with E-state index in [2.05, 4.69) is 0 Å². The smallest absolute Gasteiger partial charge is 0.264 e. The molecular weight excluding hydrogens is 347 g/mol. The van der Waals surface area contributed by atoms with Crippen molar-refractivity contribution in [3.05, 3.63) is 59.4 Å². The zero-order valence-electron chi connectivity index (χ0n) is 13.6. The third-order valence-electron chi connectivity index (χ3n) is 4.05. The highest BCUT2D eigenvalue weighted by atomic mass is 32.2. The molecule has 0 spiro atoms. The highest BCUT2D eigenvalue weighted by Crippen LogP contribution is 2.28. The molecule has 130 valence electrons. The van der Waals surface area contributed by atoms with Gasteiger partial charge in [0.05, 0.1) is 21.7 Å². The van der Waals surface area contributed by atoms with Gasteiger partial charge >= 0.3 is 0 Å². The molecule has 0 saturated carbocycles. The van der Waals surface area contributed by atoms with Gasteiger partial charge in [-0.25, -0.2) is 12.8 Å². The van der Waals surface area contributed by atoms with E-state index in [9.17, 15) is 22.4 Å². The van der Waals surface area contributed by atoms with Crippen LogP contribution in [0.15, 0.2) is 47.4 Å². The summed E-state index contributed by atoms with van der Waals surface area (Å²) in [5.74, 6) is -1.47. The minimum atomic E-state index is -3.97. The molecule has 2 aromatic carbocycles. The second-order valence-electron chi connectivity index (χ2n) is 5.52. The van der Waals surface area contributed by atoms with E-state index in [1.807, 2.05) is 0 Å². The Labute approximate surface area is 144 Å². The number of imide groups is 1. The van der Waals surface area contributed by atoms with Gasteiger partial charge in [-0.3, -0.25) is 18.8 Å². The minimum absolute atomic E-state index is 0.0590. The van der Waals surface area contributed by atoms with Gasteiger partial charge in [0.1, 0.15) is 5.82 Å². The lowest BCUT2D eigenvalue weighted by Crippen LogP contribution is -2.31. The first-order valence-corrected chi connectivity index (χ1v) is 8.96. The number of sulfonamides is 1. The molecule has 0 unspecified atom stereocenters. The van der Waals surface area contributed by atoms with E-state index in [4.69, 9.17) is 0 Å². The van der Waals surface area contributed by atoms with Gasteiger partial charge in [-0.1, -0.05) is 0 Å². The second kappa shape index (κ2) is 5.96.